The highest BCUT2D eigenvalue weighted by atomic mass is 35.5. The van der Waals surface area contributed by atoms with Crippen molar-refractivity contribution in [3.8, 4) is 0 Å². The van der Waals surface area contributed by atoms with Gasteiger partial charge in [-0.15, -0.1) is 0 Å². The van der Waals surface area contributed by atoms with Gasteiger partial charge in [0, 0.05) is 29.7 Å². The Morgan fingerprint density at radius 1 is 1.39 bits per heavy atom. The van der Waals surface area contributed by atoms with E-state index in [1.54, 1.807) is 0 Å². The molecule has 1 aliphatic rings. The fraction of sp³-hybridized carbons (Fsp3) is 0.444. The van der Waals surface area contributed by atoms with Gasteiger partial charge in [0.15, 0.2) is 0 Å². The number of aromatic nitrogens is 2. The summed E-state index contributed by atoms with van der Waals surface area (Å²) in [5, 5.41) is 8.22. The van der Waals surface area contributed by atoms with E-state index in [1.165, 1.54) is 0 Å². The normalized spacial score (nSPS) is 19.6. The van der Waals surface area contributed by atoms with Gasteiger partial charge in [0.05, 0.1) is 5.69 Å². The maximum Gasteiger partial charge on any atom is 0.223 e. The van der Waals surface area contributed by atoms with Gasteiger partial charge in [-0.1, -0.05) is 29.8 Å². The molecule has 2 atom stereocenters. The van der Waals surface area contributed by atoms with Crippen LogP contribution in [0.1, 0.15) is 35.7 Å². The number of carbonyl (C=O) groups excluding carboxylic acids is 1. The molecule has 3 rings (SSSR count). The van der Waals surface area contributed by atoms with Gasteiger partial charge in [-0.25, -0.2) is 0 Å². The summed E-state index contributed by atoms with van der Waals surface area (Å²) in [6.07, 6.45) is 1.78. The first-order valence-electron chi connectivity index (χ1n) is 8.09. The van der Waals surface area contributed by atoms with Crippen LogP contribution < -0.4 is 5.32 Å². The number of aryl methyl sites for hydroxylation is 3. The first-order valence-corrected chi connectivity index (χ1v) is 8.47. The lowest BCUT2D eigenvalue weighted by molar-refractivity contribution is -0.122. The van der Waals surface area contributed by atoms with Crippen molar-refractivity contribution in [2.24, 2.45) is 5.92 Å². The van der Waals surface area contributed by atoms with E-state index in [0.29, 0.717) is 6.54 Å². The standard InChI is InChI=1S/C18H22ClN3O/c1-12-10-13(2)22(21-12)9-5-8-20-18(23)16-11-15(16)14-6-3-4-7-17(14)19/h3-4,6-7,10,15-16H,5,8-9,11H2,1-2H3,(H,20,23). The second-order valence-corrected chi connectivity index (χ2v) is 6.67. The van der Waals surface area contributed by atoms with Crippen LogP contribution in [0.3, 0.4) is 0 Å². The molecule has 1 N–H and O–H groups in total. The van der Waals surface area contributed by atoms with E-state index in [-0.39, 0.29) is 17.7 Å². The summed E-state index contributed by atoms with van der Waals surface area (Å²) in [7, 11) is 0. The van der Waals surface area contributed by atoms with Crippen LogP contribution in [0.25, 0.3) is 0 Å². The van der Waals surface area contributed by atoms with Crippen LogP contribution in [0.4, 0.5) is 0 Å². The Bertz CT molecular complexity index is 710. The van der Waals surface area contributed by atoms with Gasteiger partial charge in [-0.05, 0) is 50.3 Å². The molecule has 1 aromatic carbocycles. The molecule has 2 unspecified atom stereocenters. The molecule has 0 radical (unpaired) electrons. The summed E-state index contributed by atoms with van der Waals surface area (Å²) >= 11 is 6.20. The zero-order valence-corrected chi connectivity index (χ0v) is 14.3. The van der Waals surface area contributed by atoms with E-state index in [2.05, 4.69) is 23.4 Å². The topological polar surface area (TPSA) is 46.9 Å². The molecule has 1 aliphatic carbocycles. The minimum atomic E-state index is 0.0728. The van der Waals surface area contributed by atoms with Gasteiger partial charge in [-0.3, -0.25) is 9.48 Å². The molecule has 1 saturated carbocycles. The molecule has 0 bridgehead atoms. The minimum Gasteiger partial charge on any atom is -0.356 e. The van der Waals surface area contributed by atoms with Crippen molar-refractivity contribution in [1.29, 1.82) is 0 Å². The lowest BCUT2D eigenvalue weighted by Crippen LogP contribution is -2.27. The fourth-order valence-electron chi connectivity index (χ4n) is 3.08. The Morgan fingerprint density at radius 2 is 2.17 bits per heavy atom. The van der Waals surface area contributed by atoms with E-state index in [4.69, 9.17) is 11.6 Å². The smallest absolute Gasteiger partial charge is 0.223 e. The van der Waals surface area contributed by atoms with Gasteiger partial charge >= 0.3 is 0 Å². The third-order valence-electron chi connectivity index (χ3n) is 4.38. The largest absolute Gasteiger partial charge is 0.356 e. The molecule has 4 nitrogen and oxygen atoms in total. The van der Waals surface area contributed by atoms with Crippen molar-refractivity contribution in [3.63, 3.8) is 0 Å². The molecule has 1 fully saturated rings. The van der Waals surface area contributed by atoms with Crippen molar-refractivity contribution >= 4 is 17.5 Å². The third-order valence-corrected chi connectivity index (χ3v) is 4.73. The minimum absolute atomic E-state index is 0.0728. The summed E-state index contributed by atoms with van der Waals surface area (Å²) in [5.74, 6) is 0.492. The number of nitrogens with one attached hydrogen (secondary N) is 1. The molecular weight excluding hydrogens is 310 g/mol. The average Bonchev–Trinajstić information content (AvgIpc) is 3.24. The predicted octanol–water partition coefficient (Wildman–Crippen LogP) is 3.46. The molecular formula is C18H22ClN3O. The van der Waals surface area contributed by atoms with Crippen molar-refractivity contribution in [3.05, 3.63) is 52.3 Å². The van der Waals surface area contributed by atoms with Crippen LogP contribution in [0.15, 0.2) is 30.3 Å². The van der Waals surface area contributed by atoms with Crippen LogP contribution in [0, 0.1) is 19.8 Å². The highest BCUT2D eigenvalue weighted by Crippen LogP contribution is 2.49. The third kappa shape index (κ3) is 3.75. The number of rotatable bonds is 6. The molecule has 1 amide bonds. The van der Waals surface area contributed by atoms with E-state index in [1.807, 2.05) is 35.9 Å². The van der Waals surface area contributed by atoms with Gasteiger partial charge in [0.1, 0.15) is 0 Å². The first-order chi connectivity index (χ1) is 11.1. The van der Waals surface area contributed by atoms with Crippen molar-refractivity contribution in [1.82, 2.24) is 15.1 Å². The Balaban J connectivity index is 1.43. The van der Waals surface area contributed by atoms with Crippen molar-refractivity contribution in [2.75, 3.05) is 6.54 Å². The summed E-state index contributed by atoms with van der Waals surface area (Å²) in [5.41, 5.74) is 3.29. The maximum atomic E-state index is 12.2. The summed E-state index contributed by atoms with van der Waals surface area (Å²) < 4.78 is 1.99. The van der Waals surface area contributed by atoms with Crippen LogP contribution in [-0.4, -0.2) is 22.2 Å². The zero-order valence-electron chi connectivity index (χ0n) is 13.6. The number of halogens is 1. The van der Waals surface area contributed by atoms with E-state index in [9.17, 15) is 4.79 Å². The van der Waals surface area contributed by atoms with Crippen molar-refractivity contribution < 1.29 is 4.79 Å². The van der Waals surface area contributed by atoms with Crippen LogP contribution in [-0.2, 0) is 11.3 Å². The fourth-order valence-corrected chi connectivity index (χ4v) is 3.35. The Labute approximate surface area is 141 Å². The quantitative estimate of drug-likeness (QED) is 0.824. The second kappa shape index (κ2) is 6.75. The molecule has 122 valence electrons. The lowest BCUT2D eigenvalue weighted by Gasteiger charge is -2.07. The monoisotopic (exact) mass is 331 g/mol. The predicted molar refractivity (Wildman–Crippen MR) is 91.6 cm³/mol. The Kier molecular flexibility index (Phi) is 4.71. The molecule has 23 heavy (non-hydrogen) atoms. The molecule has 5 heteroatoms. The van der Waals surface area contributed by atoms with Gasteiger partial charge in [0.25, 0.3) is 0 Å². The molecule has 0 spiro atoms. The molecule has 1 heterocycles. The highest BCUT2D eigenvalue weighted by Gasteiger charge is 2.44. The lowest BCUT2D eigenvalue weighted by atomic mass is 10.1. The van der Waals surface area contributed by atoms with Gasteiger partial charge in [0.2, 0.25) is 5.91 Å². The van der Waals surface area contributed by atoms with Crippen molar-refractivity contribution in [2.45, 2.75) is 39.2 Å². The number of benzene rings is 1. The highest BCUT2D eigenvalue weighted by molar-refractivity contribution is 6.31. The number of hydrogen-bond donors (Lipinski definition) is 1. The molecule has 0 saturated heterocycles. The SMILES string of the molecule is Cc1cc(C)n(CCCNC(=O)C2CC2c2ccccc2Cl)n1. The maximum absolute atomic E-state index is 12.2. The molecule has 1 aromatic heterocycles. The summed E-state index contributed by atoms with van der Waals surface area (Å²) in [6, 6.07) is 9.86. The second-order valence-electron chi connectivity index (χ2n) is 6.27. The van der Waals surface area contributed by atoms with Crippen LogP contribution in [0.2, 0.25) is 5.02 Å². The Morgan fingerprint density at radius 3 is 2.87 bits per heavy atom. The number of carbonyl (C=O) groups is 1. The number of nitrogens with zero attached hydrogens (tertiary/aromatic N) is 2. The summed E-state index contributed by atoms with van der Waals surface area (Å²) in [4.78, 5) is 12.2. The zero-order chi connectivity index (χ0) is 16.4. The molecule has 2 aromatic rings. The van der Waals surface area contributed by atoms with Crippen LogP contribution in [0.5, 0.6) is 0 Å². The number of amides is 1. The average molecular weight is 332 g/mol. The van der Waals surface area contributed by atoms with Gasteiger partial charge in [-0.2, -0.15) is 5.10 Å². The first kappa shape index (κ1) is 16.1. The Hall–Kier alpha value is -1.81. The number of hydrogen-bond acceptors (Lipinski definition) is 2. The van der Waals surface area contributed by atoms with Crippen LogP contribution >= 0.6 is 11.6 Å². The van der Waals surface area contributed by atoms with Gasteiger partial charge < -0.3 is 5.32 Å². The van der Waals surface area contributed by atoms with E-state index >= 15 is 0 Å². The molecule has 0 aliphatic heterocycles. The summed E-state index contributed by atoms with van der Waals surface area (Å²) in [6.45, 7) is 5.56. The van der Waals surface area contributed by atoms with E-state index in [0.717, 1.165) is 41.4 Å². The van der Waals surface area contributed by atoms with E-state index < -0.39 is 0 Å².